The number of carbonyl (C=O) groups excluding carboxylic acids is 1. The molecule has 0 spiro atoms. The molecule has 3 aromatic carbocycles. The third kappa shape index (κ3) is 5.64. The van der Waals surface area contributed by atoms with Crippen molar-refractivity contribution in [2.24, 2.45) is 0 Å². The number of carbonyl (C=O) groups is 1. The summed E-state index contributed by atoms with van der Waals surface area (Å²) in [6, 6.07) is 27.3. The standard InChI is InChI=1S/C26H22N4O/c1-19-7-9-20(10-8-19)11-16-26(31)30-23-14-12-22(13-15-23)29-25-17-24(27-18-28-25)21-5-3-2-4-6-21/h2-18H,1H3,(H,30,31)(H,27,28,29)/b16-11+. The summed E-state index contributed by atoms with van der Waals surface area (Å²) in [6.45, 7) is 2.03. The van der Waals surface area contributed by atoms with Crippen molar-refractivity contribution in [1.29, 1.82) is 0 Å². The van der Waals surface area contributed by atoms with Gasteiger partial charge in [0.1, 0.15) is 12.1 Å². The Morgan fingerprint density at radius 2 is 1.55 bits per heavy atom. The number of anilines is 3. The molecule has 4 rings (SSSR count). The zero-order valence-electron chi connectivity index (χ0n) is 17.1. The van der Waals surface area contributed by atoms with Crippen LogP contribution >= 0.6 is 0 Å². The van der Waals surface area contributed by atoms with Gasteiger partial charge in [0.15, 0.2) is 0 Å². The lowest BCUT2D eigenvalue weighted by Crippen LogP contribution is -2.07. The van der Waals surface area contributed by atoms with Crippen molar-refractivity contribution >= 4 is 29.2 Å². The van der Waals surface area contributed by atoms with E-state index in [1.54, 1.807) is 12.4 Å². The van der Waals surface area contributed by atoms with Gasteiger partial charge in [-0.05, 0) is 42.8 Å². The molecular weight excluding hydrogens is 384 g/mol. The van der Waals surface area contributed by atoms with Gasteiger partial charge < -0.3 is 10.6 Å². The lowest BCUT2D eigenvalue weighted by atomic mass is 10.1. The number of rotatable bonds is 6. The second-order valence-electron chi connectivity index (χ2n) is 7.09. The van der Waals surface area contributed by atoms with Crippen molar-refractivity contribution in [3.05, 3.63) is 108 Å². The molecule has 0 aliphatic carbocycles. The molecule has 1 heterocycles. The average Bonchev–Trinajstić information content (AvgIpc) is 2.81. The number of aryl methyl sites for hydroxylation is 1. The zero-order chi connectivity index (χ0) is 21.5. The first kappa shape index (κ1) is 20.0. The van der Waals surface area contributed by atoms with Crippen LogP contribution in [0.3, 0.4) is 0 Å². The molecule has 4 aromatic rings. The van der Waals surface area contributed by atoms with Crippen molar-refractivity contribution in [3.63, 3.8) is 0 Å². The molecule has 0 atom stereocenters. The van der Waals surface area contributed by atoms with E-state index in [2.05, 4.69) is 20.6 Å². The van der Waals surface area contributed by atoms with Crippen LogP contribution in [0.25, 0.3) is 17.3 Å². The molecule has 31 heavy (non-hydrogen) atoms. The van der Waals surface area contributed by atoms with E-state index >= 15 is 0 Å². The zero-order valence-corrected chi connectivity index (χ0v) is 17.1. The molecule has 0 aliphatic heterocycles. The molecule has 1 aromatic heterocycles. The van der Waals surface area contributed by atoms with E-state index in [0.29, 0.717) is 5.82 Å². The quantitative estimate of drug-likeness (QED) is 0.394. The van der Waals surface area contributed by atoms with E-state index in [0.717, 1.165) is 28.2 Å². The first-order valence-corrected chi connectivity index (χ1v) is 9.96. The number of aromatic nitrogens is 2. The maximum atomic E-state index is 12.2. The summed E-state index contributed by atoms with van der Waals surface area (Å²) in [5.74, 6) is 0.524. The Hall–Kier alpha value is -4.25. The van der Waals surface area contributed by atoms with Gasteiger partial charge in [-0.25, -0.2) is 9.97 Å². The molecule has 5 nitrogen and oxygen atoms in total. The molecule has 5 heteroatoms. The van der Waals surface area contributed by atoms with Crippen molar-refractivity contribution in [3.8, 4) is 11.3 Å². The highest BCUT2D eigenvalue weighted by molar-refractivity contribution is 6.02. The van der Waals surface area contributed by atoms with E-state index in [9.17, 15) is 4.79 Å². The van der Waals surface area contributed by atoms with Crippen LogP contribution in [0.1, 0.15) is 11.1 Å². The maximum absolute atomic E-state index is 12.2. The van der Waals surface area contributed by atoms with Gasteiger partial charge in [-0.2, -0.15) is 0 Å². The van der Waals surface area contributed by atoms with Crippen LogP contribution in [-0.4, -0.2) is 15.9 Å². The number of nitrogens with zero attached hydrogens (tertiary/aromatic N) is 2. The van der Waals surface area contributed by atoms with Gasteiger partial charge in [-0.1, -0.05) is 60.2 Å². The fraction of sp³-hybridized carbons (Fsp3) is 0.0385. The fourth-order valence-corrected chi connectivity index (χ4v) is 3.01. The number of hydrogen-bond donors (Lipinski definition) is 2. The van der Waals surface area contributed by atoms with Crippen molar-refractivity contribution in [2.45, 2.75) is 6.92 Å². The van der Waals surface area contributed by atoms with Gasteiger partial charge in [0, 0.05) is 29.1 Å². The Morgan fingerprint density at radius 3 is 2.29 bits per heavy atom. The van der Waals surface area contributed by atoms with Crippen LogP contribution < -0.4 is 10.6 Å². The minimum Gasteiger partial charge on any atom is -0.340 e. The predicted octanol–water partition coefficient (Wildman–Crippen LogP) is 5.85. The van der Waals surface area contributed by atoms with E-state index in [4.69, 9.17) is 0 Å². The van der Waals surface area contributed by atoms with E-state index in [1.807, 2.05) is 91.9 Å². The minimum absolute atomic E-state index is 0.176. The van der Waals surface area contributed by atoms with Gasteiger partial charge in [0.25, 0.3) is 0 Å². The summed E-state index contributed by atoms with van der Waals surface area (Å²) < 4.78 is 0. The Balaban J connectivity index is 1.37. The predicted molar refractivity (Wildman–Crippen MR) is 126 cm³/mol. The summed E-state index contributed by atoms with van der Waals surface area (Å²) in [7, 11) is 0. The summed E-state index contributed by atoms with van der Waals surface area (Å²) in [6.07, 6.45) is 4.87. The Morgan fingerprint density at radius 1 is 0.839 bits per heavy atom. The number of hydrogen-bond acceptors (Lipinski definition) is 4. The highest BCUT2D eigenvalue weighted by atomic mass is 16.1. The van der Waals surface area contributed by atoms with Gasteiger partial charge in [0.2, 0.25) is 5.91 Å². The summed E-state index contributed by atoms with van der Waals surface area (Å²) in [5.41, 5.74) is 5.64. The molecule has 0 fully saturated rings. The third-order valence-electron chi connectivity index (χ3n) is 4.67. The number of amides is 1. The third-order valence-corrected chi connectivity index (χ3v) is 4.67. The Bertz CT molecular complexity index is 1180. The van der Waals surface area contributed by atoms with Gasteiger partial charge >= 0.3 is 0 Å². The normalized spacial score (nSPS) is 10.7. The van der Waals surface area contributed by atoms with Crippen LogP contribution in [0.5, 0.6) is 0 Å². The molecular formula is C26H22N4O. The average molecular weight is 406 g/mol. The molecule has 0 saturated carbocycles. The van der Waals surface area contributed by atoms with Crippen LogP contribution in [-0.2, 0) is 4.79 Å². The molecule has 0 bridgehead atoms. The highest BCUT2D eigenvalue weighted by Crippen LogP contribution is 2.22. The van der Waals surface area contributed by atoms with Crippen LogP contribution in [0.4, 0.5) is 17.2 Å². The van der Waals surface area contributed by atoms with E-state index in [1.165, 1.54) is 11.6 Å². The minimum atomic E-state index is -0.176. The largest absolute Gasteiger partial charge is 0.340 e. The maximum Gasteiger partial charge on any atom is 0.248 e. The molecule has 1 amide bonds. The Labute approximate surface area is 181 Å². The monoisotopic (exact) mass is 406 g/mol. The van der Waals surface area contributed by atoms with Crippen molar-refractivity contribution in [2.75, 3.05) is 10.6 Å². The van der Waals surface area contributed by atoms with Gasteiger partial charge in [0.05, 0.1) is 5.69 Å². The summed E-state index contributed by atoms with van der Waals surface area (Å²) in [4.78, 5) is 20.8. The molecule has 0 aliphatic rings. The SMILES string of the molecule is Cc1ccc(/C=C/C(=O)Nc2ccc(Nc3cc(-c4ccccc4)ncn3)cc2)cc1. The molecule has 0 unspecified atom stereocenters. The van der Waals surface area contributed by atoms with Crippen LogP contribution in [0, 0.1) is 6.92 Å². The van der Waals surface area contributed by atoms with Gasteiger partial charge in [-0.3, -0.25) is 4.79 Å². The topological polar surface area (TPSA) is 66.9 Å². The number of nitrogens with one attached hydrogen (secondary N) is 2. The van der Waals surface area contributed by atoms with E-state index in [-0.39, 0.29) is 5.91 Å². The first-order chi connectivity index (χ1) is 15.2. The van der Waals surface area contributed by atoms with Crippen LogP contribution in [0.15, 0.2) is 97.3 Å². The highest BCUT2D eigenvalue weighted by Gasteiger charge is 2.03. The molecule has 152 valence electrons. The van der Waals surface area contributed by atoms with E-state index < -0.39 is 0 Å². The number of benzene rings is 3. The second-order valence-corrected chi connectivity index (χ2v) is 7.09. The van der Waals surface area contributed by atoms with Crippen LogP contribution in [0.2, 0.25) is 0 Å². The molecule has 0 saturated heterocycles. The smallest absolute Gasteiger partial charge is 0.248 e. The Kier molecular flexibility index (Phi) is 6.14. The second kappa shape index (κ2) is 9.50. The van der Waals surface area contributed by atoms with Crippen molar-refractivity contribution in [1.82, 2.24) is 9.97 Å². The fourth-order valence-electron chi connectivity index (χ4n) is 3.01. The van der Waals surface area contributed by atoms with Gasteiger partial charge in [-0.15, -0.1) is 0 Å². The van der Waals surface area contributed by atoms with Crippen molar-refractivity contribution < 1.29 is 4.79 Å². The lowest BCUT2D eigenvalue weighted by molar-refractivity contribution is -0.111. The summed E-state index contributed by atoms with van der Waals surface area (Å²) in [5, 5.41) is 6.13. The lowest BCUT2D eigenvalue weighted by Gasteiger charge is -2.08. The first-order valence-electron chi connectivity index (χ1n) is 9.96. The molecule has 0 radical (unpaired) electrons. The molecule has 2 N–H and O–H groups in total. The summed E-state index contributed by atoms with van der Waals surface area (Å²) >= 11 is 0.